The second-order valence-corrected chi connectivity index (χ2v) is 5.44. The average molecular weight is 256 g/mol. The Morgan fingerprint density at radius 3 is 2.39 bits per heavy atom. The summed E-state index contributed by atoms with van der Waals surface area (Å²) < 4.78 is 38.2. The van der Waals surface area contributed by atoms with Crippen LogP contribution < -0.4 is 0 Å². The SMILES string of the molecule is CC(C)(C)c1ccc2c(c1)ncn2CC(F)(F)F. The number of aromatic nitrogens is 2. The number of hydrogen-bond donors (Lipinski definition) is 0. The van der Waals surface area contributed by atoms with Gasteiger partial charge in [-0.2, -0.15) is 13.2 Å². The van der Waals surface area contributed by atoms with Crippen molar-refractivity contribution in [2.75, 3.05) is 0 Å². The lowest BCUT2D eigenvalue weighted by atomic mass is 9.87. The summed E-state index contributed by atoms with van der Waals surface area (Å²) in [7, 11) is 0. The third kappa shape index (κ3) is 2.66. The number of alkyl halides is 3. The molecular formula is C13H15F3N2. The molecule has 2 rings (SSSR count). The lowest BCUT2D eigenvalue weighted by Gasteiger charge is -2.18. The molecule has 18 heavy (non-hydrogen) atoms. The third-order valence-corrected chi connectivity index (χ3v) is 2.84. The molecule has 0 radical (unpaired) electrons. The van der Waals surface area contributed by atoms with Gasteiger partial charge in [0.2, 0.25) is 0 Å². The minimum Gasteiger partial charge on any atom is -0.321 e. The van der Waals surface area contributed by atoms with E-state index in [-0.39, 0.29) is 5.41 Å². The lowest BCUT2D eigenvalue weighted by Crippen LogP contribution is -2.17. The molecule has 1 heterocycles. The van der Waals surface area contributed by atoms with Crippen LogP contribution in [0.2, 0.25) is 0 Å². The molecule has 0 aliphatic rings. The molecule has 0 saturated carbocycles. The molecule has 0 saturated heterocycles. The maximum absolute atomic E-state index is 12.4. The number of halogens is 3. The smallest absolute Gasteiger partial charge is 0.321 e. The maximum atomic E-state index is 12.4. The van der Waals surface area contributed by atoms with Crippen LogP contribution in [0.25, 0.3) is 11.0 Å². The van der Waals surface area contributed by atoms with Gasteiger partial charge in [-0.05, 0) is 23.1 Å². The van der Waals surface area contributed by atoms with E-state index >= 15 is 0 Å². The molecule has 0 amide bonds. The van der Waals surface area contributed by atoms with Gasteiger partial charge in [0.15, 0.2) is 0 Å². The Balaban J connectivity index is 2.44. The van der Waals surface area contributed by atoms with Gasteiger partial charge in [0.25, 0.3) is 0 Å². The summed E-state index contributed by atoms with van der Waals surface area (Å²) in [5.41, 5.74) is 2.14. The third-order valence-electron chi connectivity index (χ3n) is 2.84. The monoisotopic (exact) mass is 256 g/mol. The summed E-state index contributed by atoms with van der Waals surface area (Å²) in [6, 6.07) is 5.41. The van der Waals surface area contributed by atoms with Crippen LogP contribution in [0.4, 0.5) is 13.2 Å². The fourth-order valence-corrected chi connectivity index (χ4v) is 1.85. The van der Waals surface area contributed by atoms with Crippen molar-refractivity contribution >= 4 is 11.0 Å². The molecule has 1 aromatic heterocycles. The maximum Gasteiger partial charge on any atom is 0.406 e. The van der Waals surface area contributed by atoms with Gasteiger partial charge in [0.05, 0.1) is 17.4 Å². The summed E-state index contributed by atoms with van der Waals surface area (Å²) in [5.74, 6) is 0. The van der Waals surface area contributed by atoms with Gasteiger partial charge < -0.3 is 4.57 Å². The molecule has 0 aliphatic heterocycles. The van der Waals surface area contributed by atoms with E-state index in [1.54, 1.807) is 6.07 Å². The minimum atomic E-state index is -4.23. The molecule has 98 valence electrons. The van der Waals surface area contributed by atoms with E-state index in [1.165, 1.54) is 6.33 Å². The molecule has 2 nitrogen and oxygen atoms in total. The molecule has 0 atom stereocenters. The molecular weight excluding hydrogens is 241 g/mol. The molecule has 0 fully saturated rings. The summed E-state index contributed by atoms with van der Waals surface area (Å²) in [6.45, 7) is 5.17. The van der Waals surface area contributed by atoms with Crippen molar-refractivity contribution in [3.05, 3.63) is 30.1 Å². The Kier molecular flexibility index (Phi) is 2.87. The van der Waals surface area contributed by atoms with Gasteiger partial charge in [-0.15, -0.1) is 0 Å². The summed E-state index contributed by atoms with van der Waals surface area (Å²) in [6.07, 6.45) is -2.99. The molecule has 0 unspecified atom stereocenters. The highest BCUT2D eigenvalue weighted by molar-refractivity contribution is 5.76. The number of imidazole rings is 1. The zero-order valence-electron chi connectivity index (χ0n) is 10.5. The first-order valence-corrected chi connectivity index (χ1v) is 5.69. The largest absolute Gasteiger partial charge is 0.406 e. The predicted octanol–water partition coefficient (Wildman–Crippen LogP) is 3.90. The van der Waals surface area contributed by atoms with E-state index in [4.69, 9.17) is 0 Å². The van der Waals surface area contributed by atoms with Gasteiger partial charge in [0.1, 0.15) is 6.54 Å². The summed E-state index contributed by atoms with van der Waals surface area (Å²) >= 11 is 0. The van der Waals surface area contributed by atoms with Crippen molar-refractivity contribution in [2.24, 2.45) is 0 Å². The zero-order valence-corrected chi connectivity index (χ0v) is 10.5. The normalized spacial score (nSPS) is 13.2. The van der Waals surface area contributed by atoms with Gasteiger partial charge in [-0.25, -0.2) is 4.98 Å². The number of fused-ring (bicyclic) bond motifs is 1. The van der Waals surface area contributed by atoms with E-state index in [0.29, 0.717) is 11.0 Å². The molecule has 0 spiro atoms. The first-order valence-electron chi connectivity index (χ1n) is 5.69. The highest BCUT2D eigenvalue weighted by atomic mass is 19.4. The van der Waals surface area contributed by atoms with Crippen molar-refractivity contribution < 1.29 is 13.2 Å². The molecule has 1 aromatic carbocycles. The van der Waals surface area contributed by atoms with Gasteiger partial charge in [0, 0.05) is 0 Å². The van der Waals surface area contributed by atoms with E-state index in [2.05, 4.69) is 25.8 Å². The van der Waals surface area contributed by atoms with Crippen molar-refractivity contribution in [3.63, 3.8) is 0 Å². The standard InChI is InChI=1S/C13H15F3N2/c1-12(2,3)9-4-5-11-10(6-9)17-8-18(11)7-13(14,15)16/h4-6,8H,7H2,1-3H3. The van der Waals surface area contributed by atoms with Crippen LogP contribution in [-0.2, 0) is 12.0 Å². The fourth-order valence-electron chi connectivity index (χ4n) is 1.85. The number of benzene rings is 1. The second kappa shape index (κ2) is 4.00. The van der Waals surface area contributed by atoms with Crippen LogP contribution in [0.15, 0.2) is 24.5 Å². The lowest BCUT2D eigenvalue weighted by molar-refractivity contribution is -0.139. The Hall–Kier alpha value is -1.52. The highest BCUT2D eigenvalue weighted by Crippen LogP contribution is 2.27. The van der Waals surface area contributed by atoms with E-state index in [0.717, 1.165) is 10.1 Å². The Morgan fingerprint density at radius 2 is 1.83 bits per heavy atom. The predicted molar refractivity (Wildman–Crippen MR) is 64.5 cm³/mol. The number of nitrogens with zero attached hydrogens (tertiary/aromatic N) is 2. The molecule has 5 heteroatoms. The van der Waals surface area contributed by atoms with E-state index in [9.17, 15) is 13.2 Å². The average Bonchev–Trinajstić information content (AvgIpc) is 2.57. The molecule has 0 bridgehead atoms. The Labute approximate surface area is 103 Å². The van der Waals surface area contributed by atoms with Crippen LogP contribution in [0.5, 0.6) is 0 Å². The zero-order chi connectivity index (χ0) is 13.6. The molecule has 2 aromatic rings. The summed E-state index contributed by atoms with van der Waals surface area (Å²) in [5, 5.41) is 0. The summed E-state index contributed by atoms with van der Waals surface area (Å²) in [4.78, 5) is 4.04. The van der Waals surface area contributed by atoms with Gasteiger partial charge in [-0.1, -0.05) is 26.8 Å². The van der Waals surface area contributed by atoms with E-state index in [1.807, 2.05) is 12.1 Å². The number of rotatable bonds is 1. The number of hydrogen-bond acceptors (Lipinski definition) is 1. The van der Waals surface area contributed by atoms with Crippen LogP contribution in [0.3, 0.4) is 0 Å². The quantitative estimate of drug-likeness (QED) is 0.756. The van der Waals surface area contributed by atoms with Crippen LogP contribution in [0.1, 0.15) is 26.3 Å². The Bertz CT molecular complexity index is 562. The highest BCUT2D eigenvalue weighted by Gasteiger charge is 2.28. The first kappa shape index (κ1) is 12.9. The van der Waals surface area contributed by atoms with E-state index < -0.39 is 12.7 Å². The molecule has 0 N–H and O–H groups in total. The topological polar surface area (TPSA) is 17.8 Å². The first-order chi connectivity index (χ1) is 8.17. The van der Waals surface area contributed by atoms with Crippen LogP contribution in [-0.4, -0.2) is 15.7 Å². The van der Waals surface area contributed by atoms with Crippen LogP contribution >= 0.6 is 0 Å². The van der Waals surface area contributed by atoms with Gasteiger partial charge in [-0.3, -0.25) is 0 Å². The van der Waals surface area contributed by atoms with Crippen molar-refractivity contribution in [1.82, 2.24) is 9.55 Å². The minimum absolute atomic E-state index is 0.0397. The van der Waals surface area contributed by atoms with Crippen molar-refractivity contribution in [3.8, 4) is 0 Å². The van der Waals surface area contributed by atoms with Crippen molar-refractivity contribution in [2.45, 2.75) is 38.9 Å². The molecule has 0 aliphatic carbocycles. The Morgan fingerprint density at radius 1 is 1.17 bits per heavy atom. The van der Waals surface area contributed by atoms with Crippen LogP contribution in [0, 0.1) is 0 Å². The van der Waals surface area contributed by atoms with Crippen molar-refractivity contribution in [1.29, 1.82) is 0 Å². The van der Waals surface area contributed by atoms with Gasteiger partial charge >= 0.3 is 6.18 Å². The fraction of sp³-hybridized carbons (Fsp3) is 0.462. The second-order valence-electron chi connectivity index (χ2n) is 5.44.